The Hall–Kier alpha value is -3.02. The van der Waals surface area contributed by atoms with Crippen LogP contribution in [0.5, 0.6) is 11.5 Å². The van der Waals surface area contributed by atoms with Gasteiger partial charge in [-0.15, -0.1) is 0 Å². The van der Waals surface area contributed by atoms with Crippen molar-refractivity contribution in [1.29, 1.82) is 0 Å². The first-order chi connectivity index (χ1) is 14.2. The predicted molar refractivity (Wildman–Crippen MR) is 111 cm³/mol. The van der Waals surface area contributed by atoms with E-state index in [0.29, 0.717) is 24.6 Å². The lowest BCUT2D eigenvalue weighted by molar-refractivity contribution is -0.122. The van der Waals surface area contributed by atoms with E-state index in [-0.39, 0.29) is 30.8 Å². The van der Waals surface area contributed by atoms with Crippen molar-refractivity contribution in [3.8, 4) is 11.5 Å². The number of benzene rings is 2. The summed E-state index contributed by atoms with van der Waals surface area (Å²) in [5, 5.41) is 2.87. The van der Waals surface area contributed by atoms with Gasteiger partial charge in [0.25, 0.3) is 0 Å². The van der Waals surface area contributed by atoms with Gasteiger partial charge in [0.1, 0.15) is 18.1 Å². The van der Waals surface area contributed by atoms with Crippen molar-refractivity contribution in [3.05, 3.63) is 48.5 Å². The van der Waals surface area contributed by atoms with Gasteiger partial charge in [-0.05, 0) is 49.9 Å². The zero-order valence-corrected chi connectivity index (χ0v) is 16.4. The molecular weight excluding hydrogens is 368 g/mol. The topological polar surface area (TPSA) is 67.9 Å². The highest BCUT2D eigenvalue weighted by atomic mass is 16.5. The third-order valence-corrected chi connectivity index (χ3v) is 5.32. The zero-order valence-electron chi connectivity index (χ0n) is 16.4. The molecule has 0 saturated heterocycles. The van der Waals surface area contributed by atoms with Crippen LogP contribution in [0.1, 0.15) is 38.5 Å². The van der Waals surface area contributed by atoms with Crippen LogP contribution in [-0.2, 0) is 9.59 Å². The number of anilines is 2. The molecule has 1 aliphatic carbocycles. The Kier molecular flexibility index (Phi) is 5.98. The SMILES string of the molecule is O=C(CCC(=O)N1CCOc2ccccc21)Nc1cccc(OC2CCCC2)c1. The largest absolute Gasteiger partial charge is 0.490 e. The number of hydrogen-bond acceptors (Lipinski definition) is 4. The molecule has 1 aliphatic heterocycles. The molecule has 4 rings (SSSR count). The van der Waals surface area contributed by atoms with E-state index in [9.17, 15) is 9.59 Å². The average molecular weight is 394 g/mol. The second-order valence-corrected chi connectivity index (χ2v) is 7.46. The smallest absolute Gasteiger partial charge is 0.227 e. The van der Waals surface area contributed by atoms with Crippen molar-refractivity contribution >= 4 is 23.2 Å². The molecule has 1 fully saturated rings. The molecule has 29 heavy (non-hydrogen) atoms. The number of amides is 2. The molecule has 1 N–H and O–H groups in total. The van der Waals surface area contributed by atoms with Crippen LogP contribution < -0.4 is 19.7 Å². The van der Waals surface area contributed by atoms with Crippen LogP contribution in [0.15, 0.2) is 48.5 Å². The Bertz CT molecular complexity index is 877. The molecule has 6 heteroatoms. The molecule has 1 saturated carbocycles. The first kappa shape index (κ1) is 19.3. The van der Waals surface area contributed by atoms with E-state index < -0.39 is 0 Å². The van der Waals surface area contributed by atoms with E-state index >= 15 is 0 Å². The fraction of sp³-hybridized carbons (Fsp3) is 0.391. The van der Waals surface area contributed by atoms with Crippen LogP contribution >= 0.6 is 0 Å². The Labute approximate surface area is 170 Å². The highest BCUT2D eigenvalue weighted by molar-refractivity contribution is 5.99. The summed E-state index contributed by atoms with van der Waals surface area (Å²) >= 11 is 0. The Morgan fingerprint density at radius 2 is 1.90 bits per heavy atom. The molecule has 2 aromatic rings. The number of fused-ring (bicyclic) bond motifs is 1. The summed E-state index contributed by atoms with van der Waals surface area (Å²) < 4.78 is 11.6. The number of hydrogen-bond donors (Lipinski definition) is 1. The highest BCUT2D eigenvalue weighted by Gasteiger charge is 2.23. The van der Waals surface area contributed by atoms with Gasteiger partial charge in [0.15, 0.2) is 0 Å². The lowest BCUT2D eigenvalue weighted by atomic mass is 10.2. The van der Waals surface area contributed by atoms with E-state index in [2.05, 4.69) is 5.32 Å². The summed E-state index contributed by atoms with van der Waals surface area (Å²) in [6, 6.07) is 14.9. The third-order valence-electron chi connectivity index (χ3n) is 5.32. The molecule has 1 heterocycles. The van der Waals surface area contributed by atoms with Crippen molar-refractivity contribution in [2.45, 2.75) is 44.6 Å². The van der Waals surface area contributed by atoms with Gasteiger partial charge in [0.05, 0.1) is 18.3 Å². The first-order valence-corrected chi connectivity index (χ1v) is 10.3. The van der Waals surface area contributed by atoms with Crippen molar-refractivity contribution in [2.24, 2.45) is 0 Å². The van der Waals surface area contributed by atoms with Crippen LogP contribution in [0.3, 0.4) is 0 Å². The number of carbonyl (C=O) groups excluding carboxylic acids is 2. The second-order valence-electron chi connectivity index (χ2n) is 7.46. The number of para-hydroxylation sites is 2. The first-order valence-electron chi connectivity index (χ1n) is 10.3. The Morgan fingerprint density at radius 3 is 2.76 bits per heavy atom. The Morgan fingerprint density at radius 1 is 1.07 bits per heavy atom. The molecule has 2 amide bonds. The van der Waals surface area contributed by atoms with Crippen molar-refractivity contribution < 1.29 is 19.1 Å². The van der Waals surface area contributed by atoms with Gasteiger partial charge in [-0.2, -0.15) is 0 Å². The maximum atomic E-state index is 12.6. The van der Waals surface area contributed by atoms with Gasteiger partial charge in [-0.1, -0.05) is 18.2 Å². The highest BCUT2D eigenvalue weighted by Crippen LogP contribution is 2.31. The number of rotatable bonds is 6. The summed E-state index contributed by atoms with van der Waals surface area (Å²) in [5.74, 6) is 1.22. The molecule has 6 nitrogen and oxygen atoms in total. The summed E-state index contributed by atoms with van der Waals surface area (Å²) in [6.45, 7) is 0.959. The fourth-order valence-electron chi connectivity index (χ4n) is 3.85. The Balaban J connectivity index is 1.30. The van der Waals surface area contributed by atoms with E-state index in [1.54, 1.807) is 4.90 Å². The van der Waals surface area contributed by atoms with Gasteiger partial charge in [-0.3, -0.25) is 9.59 Å². The lowest BCUT2D eigenvalue weighted by Gasteiger charge is -2.29. The minimum atomic E-state index is -0.182. The number of carbonyl (C=O) groups is 2. The number of nitrogens with one attached hydrogen (secondary N) is 1. The molecule has 2 aliphatic rings. The zero-order chi connectivity index (χ0) is 20.1. The van der Waals surface area contributed by atoms with Crippen molar-refractivity contribution in [3.63, 3.8) is 0 Å². The monoisotopic (exact) mass is 394 g/mol. The van der Waals surface area contributed by atoms with Gasteiger partial charge >= 0.3 is 0 Å². The molecule has 0 bridgehead atoms. The van der Waals surface area contributed by atoms with Gasteiger partial charge < -0.3 is 19.7 Å². The number of ether oxygens (including phenoxy) is 2. The second kappa shape index (κ2) is 8.99. The predicted octanol–water partition coefficient (Wildman–Crippen LogP) is 4.15. The van der Waals surface area contributed by atoms with E-state index in [0.717, 1.165) is 24.3 Å². The standard InChI is InChI=1S/C23H26N2O4/c26-22(24-17-6-5-9-19(16-17)29-18-7-1-2-8-18)12-13-23(27)25-14-15-28-21-11-4-3-10-20(21)25/h3-6,9-11,16,18H,1-2,7-8,12-15H2,(H,24,26). The average Bonchev–Trinajstić information content (AvgIpc) is 3.25. The van der Waals surface area contributed by atoms with E-state index in [4.69, 9.17) is 9.47 Å². The molecule has 152 valence electrons. The van der Waals surface area contributed by atoms with Crippen LogP contribution in [0, 0.1) is 0 Å². The summed E-state index contributed by atoms with van der Waals surface area (Å²) in [7, 11) is 0. The summed E-state index contributed by atoms with van der Waals surface area (Å²) in [6.07, 6.45) is 5.15. The quantitative estimate of drug-likeness (QED) is 0.799. The van der Waals surface area contributed by atoms with Gasteiger partial charge in [0.2, 0.25) is 11.8 Å². The van der Waals surface area contributed by atoms with E-state index in [1.807, 2.05) is 48.5 Å². The van der Waals surface area contributed by atoms with Gasteiger partial charge in [0, 0.05) is 24.6 Å². The van der Waals surface area contributed by atoms with Crippen molar-refractivity contribution in [2.75, 3.05) is 23.4 Å². The van der Waals surface area contributed by atoms with Crippen LogP contribution in [0.25, 0.3) is 0 Å². The molecule has 0 spiro atoms. The fourth-order valence-corrected chi connectivity index (χ4v) is 3.85. The third kappa shape index (κ3) is 4.88. The normalized spacial score (nSPS) is 16.1. The van der Waals surface area contributed by atoms with Crippen LogP contribution in [0.4, 0.5) is 11.4 Å². The van der Waals surface area contributed by atoms with Crippen LogP contribution in [-0.4, -0.2) is 31.1 Å². The molecule has 0 unspecified atom stereocenters. The molecule has 2 aromatic carbocycles. The molecule has 0 atom stereocenters. The number of nitrogens with zero attached hydrogens (tertiary/aromatic N) is 1. The van der Waals surface area contributed by atoms with Crippen LogP contribution in [0.2, 0.25) is 0 Å². The van der Waals surface area contributed by atoms with Gasteiger partial charge in [-0.25, -0.2) is 0 Å². The minimum Gasteiger partial charge on any atom is -0.490 e. The summed E-state index contributed by atoms with van der Waals surface area (Å²) in [5.41, 5.74) is 1.45. The van der Waals surface area contributed by atoms with Crippen molar-refractivity contribution in [1.82, 2.24) is 0 Å². The summed E-state index contributed by atoms with van der Waals surface area (Å²) in [4.78, 5) is 26.7. The minimum absolute atomic E-state index is 0.0748. The molecule has 0 radical (unpaired) electrons. The maximum absolute atomic E-state index is 12.6. The molecule has 0 aromatic heterocycles. The maximum Gasteiger partial charge on any atom is 0.227 e. The molecular formula is C23H26N2O4. The van der Waals surface area contributed by atoms with E-state index in [1.165, 1.54) is 12.8 Å². The lowest BCUT2D eigenvalue weighted by Crippen LogP contribution is -2.38.